The monoisotopic (exact) mass is 523 g/mol. The Morgan fingerprint density at radius 2 is 1.41 bits per heavy atom. The molecule has 0 aliphatic heterocycles. The van der Waals surface area contributed by atoms with E-state index in [0.717, 1.165) is 28.3 Å². The van der Waals surface area contributed by atoms with Crippen LogP contribution in [0.2, 0.25) is 0 Å². The first-order valence-corrected chi connectivity index (χ1v) is 12.9. The van der Waals surface area contributed by atoms with Gasteiger partial charge in [-0.1, -0.05) is 105 Å². The molecule has 0 spiro atoms. The van der Waals surface area contributed by atoms with Crippen LogP contribution < -0.4 is 0 Å². The lowest BCUT2D eigenvalue weighted by Gasteiger charge is -2.16. The fourth-order valence-corrected chi connectivity index (χ4v) is 4.37. The second-order valence-electron chi connectivity index (χ2n) is 9.50. The van der Waals surface area contributed by atoms with Gasteiger partial charge in [-0.2, -0.15) is 0 Å². The summed E-state index contributed by atoms with van der Waals surface area (Å²) in [5, 5.41) is 0. The van der Waals surface area contributed by atoms with Gasteiger partial charge in [0.15, 0.2) is 6.04 Å². The third-order valence-electron chi connectivity index (χ3n) is 6.51. The number of rotatable bonds is 9. The van der Waals surface area contributed by atoms with E-state index in [2.05, 4.69) is 13.8 Å². The minimum atomic E-state index is -0.890. The average molecular weight is 524 g/mol. The number of methoxy groups -OCH3 is 1. The third kappa shape index (κ3) is 6.94. The molecule has 0 saturated heterocycles. The van der Waals surface area contributed by atoms with Crippen molar-refractivity contribution in [1.29, 1.82) is 0 Å². The van der Waals surface area contributed by atoms with Crippen LogP contribution in [0, 0.1) is 11.6 Å². The van der Waals surface area contributed by atoms with Gasteiger partial charge in [-0.3, -0.25) is 4.99 Å². The van der Waals surface area contributed by atoms with Crippen molar-refractivity contribution in [2.24, 2.45) is 4.99 Å². The van der Waals surface area contributed by atoms with Gasteiger partial charge in [-0.25, -0.2) is 13.6 Å². The van der Waals surface area contributed by atoms with Gasteiger partial charge in [0.2, 0.25) is 0 Å². The number of nitrogens with zero attached hydrogens (tertiary/aromatic N) is 1. The van der Waals surface area contributed by atoms with E-state index in [0.29, 0.717) is 17.2 Å². The maximum Gasteiger partial charge on any atom is 0.330 e. The van der Waals surface area contributed by atoms with E-state index >= 15 is 0 Å². The second-order valence-corrected chi connectivity index (χ2v) is 9.50. The lowest BCUT2D eigenvalue weighted by Crippen LogP contribution is -2.22. The second kappa shape index (κ2) is 12.9. The van der Waals surface area contributed by atoms with E-state index in [1.807, 2.05) is 84.9 Å². The average Bonchev–Trinajstić information content (AvgIpc) is 2.96. The highest BCUT2D eigenvalue weighted by atomic mass is 19.1. The van der Waals surface area contributed by atoms with Crippen molar-refractivity contribution >= 4 is 17.3 Å². The molecule has 0 aliphatic rings. The number of carbonyl (C=O) groups is 1. The fourth-order valence-electron chi connectivity index (χ4n) is 4.37. The van der Waals surface area contributed by atoms with Crippen molar-refractivity contribution < 1.29 is 18.3 Å². The molecule has 0 amide bonds. The zero-order valence-corrected chi connectivity index (χ0v) is 22.3. The Morgan fingerprint density at radius 1 is 0.821 bits per heavy atom. The van der Waals surface area contributed by atoms with Crippen LogP contribution in [-0.4, -0.2) is 24.8 Å². The lowest BCUT2D eigenvalue weighted by molar-refractivity contribution is -0.141. The number of hydrogen-bond donors (Lipinski definition) is 0. The standard InChI is InChI=1S/C34H31F2NO2/c1-23(2)24-14-16-25(17-15-24)29(30-19-18-28(35)22-31(30)36)20-21-32(34(38)39-3)37-33(26-10-6-4-7-11-26)27-12-8-5-9-13-27/h4-20,22-23,32H,21H2,1-3H3/b29-20+. The summed E-state index contributed by atoms with van der Waals surface area (Å²) in [4.78, 5) is 17.8. The summed E-state index contributed by atoms with van der Waals surface area (Å²) in [6.07, 6.45) is 1.92. The zero-order valence-electron chi connectivity index (χ0n) is 22.3. The van der Waals surface area contributed by atoms with Crippen LogP contribution in [0.5, 0.6) is 0 Å². The Labute approximate surface area is 228 Å². The van der Waals surface area contributed by atoms with Crippen molar-refractivity contribution in [3.8, 4) is 0 Å². The first-order chi connectivity index (χ1) is 18.9. The number of esters is 1. The van der Waals surface area contributed by atoms with E-state index in [9.17, 15) is 13.6 Å². The molecule has 0 fully saturated rings. The summed E-state index contributed by atoms with van der Waals surface area (Å²) in [7, 11) is 1.32. The van der Waals surface area contributed by atoms with Gasteiger partial charge in [0, 0.05) is 22.8 Å². The van der Waals surface area contributed by atoms with Crippen molar-refractivity contribution in [1.82, 2.24) is 0 Å². The molecule has 0 bridgehead atoms. The minimum Gasteiger partial charge on any atom is -0.467 e. The zero-order chi connectivity index (χ0) is 27.8. The minimum absolute atomic E-state index is 0.147. The molecule has 0 N–H and O–H groups in total. The first kappa shape index (κ1) is 27.6. The summed E-state index contributed by atoms with van der Waals surface area (Å²) in [5.74, 6) is -1.51. The molecular formula is C34H31F2NO2. The van der Waals surface area contributed by atoms with Crippen LogP contribution in [-0.2, 0) is 9.53 Å². The Kier molecular flexibility index (Phi) is 9.16. The van der Waals surface area contributed by atoms with Crippen LogP contribution in [0.25, 0.3) is 5.57 Å². The Balaban J connectivity index is 1.81. The number of carbonyl (C=O) groups excluding carboxylic acids is 1. The van der Waals surface area contributed by atoms with Crippen molar-refractivity contribution in [3.63, 3.8) is 0 Å². The summed E-state index contributed by atoms with van der Waals surface area (Å²) < 4.78 is 33.9. The van der Waals surface area contributed by atoms with Gasteiger partial charge in [0.1, 0.15) is 11.6 Å². The highest BCUT2D eigenvalue weighted by Crippen LogP contribution is 2.29. The number of halogens is 2. The fraction of sp³-hybridized carbons (Fsp3) is 0.176. The molecule has 4 aromatic carbocycles. The maximum absolute atomic E-state index is 15.0. The molecule has 4 rings (SSSR count). The molecule has 0 aliphatic carbocycles. The lowest BCUT2D eigenvalue weighted by atomic mass is 9.93. The number of hydrogen-bond acceptors (Lipinski definition) is 3. The molecule has 0 heterocycles. The van der Waals surface area contributed by atoms with E-state index in [1.165, 1.54) is 19.2 Å². The molecule has 39 heavy (non-hydrogen) atoms. The summed E-state index contributed by atoms with van der Waals surface area (Å²) >= 11 is 0. The van der Waals surface area contributed by atoms with Crippen molar-refractivity contribution in [2.75, 3.05) is 7.11 Å². The molecule has 0 saturated carbocycles. The highest BCUT2D eigenvalue weighted by Gasteiger charge is 2.21. The molecule has 0 radical (unpaired) electrons. The summed E-state index contributed by atoms with van der Waals surface area (Å²) in [5.41, 5.74) is 5.05. The predicted molar refractivity (Wildman–Crippen MR) is 153 cm³/mol. The normalized spacial score (nSPS) is 12.2. The predicted octanol–water partition coefficient (Wildman–Crippen LogP) is 7.99. The van der Waals surface area contributed by atoms with Gasteiger partial charge in [0.05, 0.1) is 12.8 Å². The summed E-state index contributed by atoms with van der Waals surface area (Å²) in [6.45, 7) is 4.20. The molecule has 1 unspecified atom stereocenters. The van der Waals surface area contributed by atoms with Gasteiger partial charge in [0.25, 0.3) is 0 Å². The Hall–Kier alpha value is -4.38. The Morgan fingerprint density at radius 3 is 1.92 bits per heavy atom. The molecule has 0 aromatic heterocycles. The summed E-state index contributed by atoms with van der Waals surface area (Å²) in [6, 6.07) is 29.7. The molecular weight excluding hydrogens is 492 g/mol. The van der Waals surface area contributed by atoms with Crippen LogP contribution in [0.3, 0.4) is 0 Å². The highest BCUT2D eigenvalue weighted by molar-refractivity contribution is 6.13. The topological polar surface area (TPSA) is 38.7 Å². The number of ether oxygens (including phenoxy) is 1. The smallest absolute Gasteiger partial charge is 0.330 e. The largest absolute Gasteiger partial charge is 0.467 e. The Bertz CT molecular complexity index is 1420. The molecule has 3 nitrogen and oxygen atoms in total. The third-order valence-corrected chi connectivity index (χ3v) is 6.51. The SMILES string of the molecule is COC(=O)C(C/C=C(\c1ccc(C(C)C)cc1)c1ccc(F)cc1F)N=C(c1ccccc1)c1ccccc1. The van der Waals surface area contributed by atoms with Crippen molar-refractivity contribution in [2.45, 2.75) is 32.2 Å². The van der Waals surface area contributed by atoms with E-state index in [1.54, 1.807) is 6.08 Å². The van der Waals surface area contributed by atoms with Crippen LogP contribution in [0.4, 0.5) is 8.78 Å². The molecule has 5 heteroatoms. The van der Waals surface area contributed by atoms with Gasteiger partial charge in [-0.05, 0) is 41.2 Å². The quantitative estimate of drug-likeness (QED) is 0.165. The van der Waals surface area contributed by atoms with Gasteiger partial charge < -0.3 is 4.74 Å². The van der Waals surface area contributed by atoms with Gasteiger partial charge in [-0.15, -0.1) is 0 Å². The van der Waals surface area contributed by atoms with Crippen LogP contribution in [0.1, 0.15) is 54.0 Å². The maximum atomic E-state index is 15.0. The molecule has 1 atom stereocenters. The van der Waals surface area contributed by atoms with Crippen LogP contribution >= 0.6 is 0 Å². The molecule has 4 aromatic rings. The van der Waals surface area contributed by atoms with E-state index in [4.69, 9.17) is 9.73 Å². The number of benzene rings is 4. The van der Waals surface area contributed by atoms with Crippen molar-refractivity contribution in [3.05, 3.63) is 149 Å². The van der Waals surface area contributed by atoms with E-state index < -0.39 is 23.6 Å². The molecule has 198 valence electrons. The number of aliphatic imine (C=N–C) groups is 1. The van der Waals surface area contributed by atoms with Gasteiger partial charge >= 0.3 is 5.97 Å². The first-order valence-electron chi connectivity index (χ1n) is 12.9. The van der Waals surface area contributed by atoms with Crippen LogP contribution in [0.15, 0.2) is 114 Å². The van der Waals surface area contributed by atoms with E-state index in [-0.39, 0.29) is 12.0 Å².